The molecule has 0 spiro atoms. The van der Waals surface area contributed by atoms with Gasteiger partial charge in [-0.1, -0.05) is 19.3 Å². The van der Waals surface area contributed by atoms with Crippen molar-refractivity contribution in [2.24, 2.45) is 5.92 Å². The molecule has 21 heavy (non-hydrogen) atoms. The summed E-state index contributed by atoms with van der Waals surface area (Å²) in [4.78, 5) is 16.3. The molecule has 0 unspecified atom stereocenters. The highest BCUT2D eigenvalue weighted by atomic mass is 32.1. The van der Waals surface area contributed by atoms with E-state index < -0.39 is 0 Å². The molecule has 0 aliphatic heterocycles. The largest absolute Gasteiger partial charge is 0.412 e. The van der Waals surface area contributed by atoms with Crippen molar-refractivity contribution in [2.75, 3.05) is 6.54 Å². The van der Waals surface area contributed by atoms with Crippen LogP contribution in [0.5, 0.6) is 5.75 Å². The molecule has 1 aliphatic rings. The fourth-order valence-electron chi connectivity index (χ4n) is 2.85. The van der Waals surface area contributed by atoms with Gasteiger partial charge in [-0.25, -0.2) is 9.78 Å². The van der Waals surface area contributed by atoms with Gasteiger partial charge in [-0.05, 0) is 37.8 Å². The van der Waals surface area contributed by atoms with E-state index >= 15 is 0 Å². The van der Waals surface area contributed by atoms with Crippen LogP contribution in [0.4, 0.5) is 4.79 Å². The summed E-state index contributed by atoms with van der Waals surface area (Å²) in [6.07, 6.45) is 5.94. The minimum absolute atomic E-state index is 0.369. The van der Waals surface area contributed by atoms with Gasteiger partial charge in [0.2, 0.25) is 0 Å². The van der Waals surface area contributed by atoms with Crippen molar-refractivity contribution in [1.82, 2.24) is 10.3 Å². The molecule has 1 N–H and O–H groups in total. The van der Waals surface area contributed by atoms with Crippen LogP contribution in [0.2, 0.25) is 0 Å². The van der Waals surface area contributed by atoms with Crippen molar-refractivity contribution < 1.29 is 9.53 Å². The van der Waals surface area contributed by atoms with E-state index in [1.54, 1.807) is 11.3 Å². The third kappa shape index (κ3) is 3.73. The number of thiazole rings is 1. The van der Waals surface area contributed by atoms with Gasteiger partial charge in [-0.15, -0.1) is 11.3 Å². The summed E-state index contributed by atoms with van der Waals surface area (Å²) in [5, 5.41) is 3.89. The number of fused-ring (bicyclic) bond motifs is 1. The van der Waals surface area contributed by atoms with Gasteiger partial charge in [0, 0.05) is 12.6 Å². The molecule has 3 rings (SSSR count). The first kappa shape index (κ1) is 14.3. The van der Waals surface area contributed by atoms with Crippen molar-refractivity contribution >= 4 is 27.6 Å². The van der Waals surface area contributed by atoms with Crippen LogP contribution in [-0.2, 0) is 0 Å². The Morgan fingerprint density at radius 1 is 1.38 bits per heavy atom. The molecule has 1 aromatic heterocycles. The Labute approximate surface area is 128 Å². The lowest BCUT2D eigenvalue weighted by Crippen LogP contribution is -2.32. The Kier molecular flexibility index (Phi) is 4.39. The smallest absolute Gasteiger partial charge is 0.410 e. The number of aryl methyl sites for hydroxylation is 1. The molecule has 0 atom stereocenters. The lowest BCUT2D eigenvalue weighted by Gasteiger charge is -2.21. The molecule has 1 heterocycles. The zero-order valence-electron chi connectivity index (χ0n) is 12.2. The van der Waals surface area contributed by atoms with Gasteiger partial charge in [-0.3, -0.25) is 0 Å². The summed E-state index contributed by atoms with van der Waals surface area (Å²) in [5.41, 5.74) is 0.884. The van der Waals surface area contributed by atoms with Gasteiger partial charge in [0.15, 0.2) is 0 Å². The zero-order chi connectivity index (χ0) is 14.7. The molecule has 0 saturated heterocycles. The molecule has 112 valence electrons. The molecular weight excluding hydrogens is 284 g/mol. The van der Waals surface area contributed by atoms with E-state index in [-0.39, 0.29) is 6.09 Å². The number of benzene rings is 1. The van der Waals surface area contributed by atoms with E-state index in [4.69, 9.17) is 4.74 Å². The molecule has 5 heteroatoms. The molecule has 1 saturated carbocycles. The van der Waals surface area contributed by atoms with Crippen LogP contribution in [0.15, 0.2) is 18.2 Å². The molecule has 1 amide bonds. The number of rotatable bonds is 3. The van der Waals surface area contributed by atoms with Crippen molar-refractivity contribution in [3.63, 3.8) is 0 Å². The highest BCUT2D eigenvalue weighted by Gasteiger charge is 2.15. The summed E-state index contributed by atoms with van der Waals surface area (Å²) in [6, 6.07) is 5.59. The monoisotopic (exact) mass is 304 g/mol. The van der Waals surface area contributed by atoms with Crippen LogP contribution < -0.4 is 10.1 Å². The SMILES string of the molecule is Cc1nc2cc(OC(=O)NCC3CCCCC3)ccc2s1. The standard InChI is InChI=1S/C16H20N2O2S/c1-11-18-14-9-13(7-8-15(14)21-11)20-16(19)17-10-12-5-3-2-4-6-12/h7-9,12H,2-6,10H2,1H3,(H,17,19). The van der Waals surface area contributed by atoms with Gasteiger partial charge in [-0.2, -0.15) is 0 Å². The predicted octanol–water partition coefficient (Wildman–Crippen LogP) is 4.27. The second-order valence-corrected chi connectivity index (χ2v) is 6.87. The van der Waals surface area contributed by atoms with Gasteiger partial charge in [0.1, 0.15) is 5.75 Å². The predicted molar refractivity (Wildman–Crippen MR) is 85.0 cm³/mol. The van der Waals surface area contributed by atoms with Crippen molar-refractivity contribution in [1.29, 1.82) is 0 Å². The molecule has 0 bridgehead atoms. The molecule has 1 aromatic carbocycles. The summed E-state index contributed by atoms with van der Waals surface area (Å²) < 4.78 is 6.45. The maximum Gasteiger partial charge on any atom is 0.412 e. The third-order valence-corrected chi connectivity index (χ3v) is 4.89. The number of amides is 1. The fourth-order valence-corrected chi connectivity index (χ4v) is 3.66. The van der Waals surface area contributed by atoms with Crippen LogP contribution >= 0.6 is 11.3 Å². The van der Waals surface area contributed by atoms with Gasteiger partial charge in [0.05, 0.1) is 15.2 Å². The van der Waals surface area contributed by atoms with Crippen molar-refractivity contribution in [2.45, 2.75) is 39.0 Å². The number of carbonyl (C=O) groups excluding carboxylic acids is 1. The van der Waals surface area contributed by atoms with Crippen LogP contribution in [0.3, 0.4) is 0 Å². The number of aromatic nitrogens is 1. The van der Waals surface area contributed by atoms with Crippen molar-refractivity contribution in [3.05, 3.63) is 23.2 Å². The van der Waals surface area contributed by atoms with E-state index in [9.17, 15) is 4.79 Å². The normalized spacial score (nSPS) is 16.0. The molecular formula is C16H20N2O2S. The fraction of sp³-hybridized carbons (Fsp3) is 0.500. The summed E-state index contributed by atoms with van der Waals surface area (Å²) in [7, 11) is 0. The Hall–Kier alpha value is -1.62. The van der Waals surface area contributed by atoms with Crippen molar-refractivity contribution in [3.8, 4) is 5.75 Å². The highest BCUT2D eigenvalue weighted by Crippen LogP contribution is 2.26. The van der Waals surface area contributed by atoms with Crippen LogP contribution in [0, 0.1) is 12.8 Å². The maximum atomic E-state index is 11.8. The molecule has 2 aromatic rings. The van der Waals surface area contributed by atoms with E-state index in [0.717, 1.165) is 21.8 Å². The van der Waals surface area contributed by atoms with Crippen LogP contribution in [0.25, 0.3) is 10.2 Å². The summed E-state index contributed by atoms with van der Waals surface area (Å²) >= 11 is 1.64. The first-order valence-electron chi connectivity index (χ1n) is 7.53. The average molecular weight is 304 g/mol. The molecule has 1 aliphatic carbocycles. The molecule has 0 radical (unpaired) electrons. The van der Waals surface area contributed by atoms with Gasteiger partial charge in [0.25, 0.3) is 0 Å². The number of ether oxygens (including phenoxy) is 1. The number of hydrogen-bond donors (Lipinski definition) is 1. The van der Waals surface area contributed by atoms with E-state index in [2.05, 4.69) is 10.3 Å². The van der Waals surface area contributed by atoms with E-state index in [1.807, 2.05) is 25.1 Å². The first-order chi connectivity index (χ1) is 10.2. The van der Waals surface area contributed by atoms with Gasteiger partial charge < -0.3 is 10.1 Å². The Balaban J connectivity index is 1.55. The minimum Gasteiger partial charge on any atom is -0.410 e. The number of hydrogen-bond acceptors (Lipinski definition) is 4. The number of nitrogens with one attached hydrogen (secondary N) is 1. The molecule has 4 nitrogen and oxygen atoms in total. The quantitative estimate of drug-likeness (QED) is 0.921. The molecule has 1 fully saturated rings. The van der Waals surface area contributed by atoms with Crippen LogP contribution in [-0.4, -0.2) is 17.6 Å². The maximum absolute atomic E-state index is 11.8. The number of nitrogens with zero attached hydrogens (tertiary/aromatic N) is 1. The first-order valence-corrected chi connectivity index (χ1v) is 8.35. The minimum atomic E-state index is -0.369. The highest BCUT2D eigenvalue weighted by molar-refractivity contribution is 7.18. The lowest BCUT2D eigenvalue weighted by molar-refractivity contribution is 0.196. The topological polar surface area (TPSA) is 51.2 Å². The van der Waals surface area contributed by atoms with Crippen LogP contribution in [0.1, 0.15) is 37.1 Å². The second-order valence-electron chi connectivity index (χ2n) is 5.64. The number of carbonyl (C=O) groups is 1. The summed E-state index contributed by atoms with van der Waals surface area (Å²) in [5.74, 6) is 1.16. The Bertz CT molecular complexity index is 632. The second kappa shape index (κ2) is 6.43. The zero-order valence-corrected chi connectivity index (χ0v) is 13.0. The Morgan fingerprint density at radius 2 is 2.19 bits per heavy atom. The average Bonchev–Trinajstić information content (AvgIpc) is 2.85. The third-order valence-electron chi connectivity index (χ3n) is 3.94. The summed E-state index contributed by atoms with van der Waals surface area (Å²) in [6.45, 7) is 2.69. The lowest BCUT2D eigenvalue weighted by atomic mass is 9.89. The van der Waals surface area contributed by atoms with Gasteiger partial charge >= 0.3 is 6.09 Å². The van der Waals surface area contributed by atoms with E-state index in [1.165, 1.54) is 32.1 Å². The van der Waals surface area contributed by atoms with E-state index in [0.29, 0.717) is 11.7 Å². The Morgan fingerprint density at radius 3 is 3.00 bits per heavy atom.